The lowest BCUT2D eigenvalue weighted by atomic mass is 9.90. The molecule has 0 bridgehead atoms. The SMILES string of the molecule is CCCc1ncncc1C(=O)N1CCCC(c2[nH]ncc2-c2ccc(F)cc2)C1. The monoisotopic (exact) mass is 393 g/mol. The van der Waals surface area contributed by atoms with E-state index in [0.717, 1.165) is 54.7 Å². The van der Waals surface area contributed by atoms with Crippen LogP contribution in [0.25, 0.3) is 11.1 Å². The van der Waals surface area contributed by atoms with Crippen molar-refractivity contribution in [1.29, 1.82) is 0 Å². The van der Waals surface area contributed by atoms with Crippen LogP contribution in [-0.4, -0.2) is 44.1 Å². The molecule has 1 atom stereocenters. The maximum absolute atomic E-state index is 13.3. The number of amides is 1. The van der Waals surface area contributed by atoms with Crippen molar-refractivity contribution >= 4 is 5.91 Å². The van der Waals surface area contributed by atoms with Crippen molar-refractivity contribution in [2.75, 3.05) is 13.1 Å². The molecular formula is C22H24FN5O. The van der Waals surface area contributed by atoms with Gasteiger partial charge in [-0.3, -0.25) is 9.89 Å². The highest BCUT2D eigenvalue weighted by Crippen LogP contribution is 2.33. The summed E-state index contributed by atoms with van der Waals surface area (Å²) < 4.78 is 13.3. The summed E-state index contributed by atoms with van der Waals surface area (Å²) in [5.41, 5.74) is 4.27. The summed E-state index contributed by atoms with van der Waals surface area (Å²) in [4.78, 5) is 23.4. The number of aromatic amines is 1. The molecule has 3 heterocycles. The average Bonchev–Trinajstić information content (AvgIpc) is 3.24. The molecule has 7 heteroatoms. The highest BCUT2D eigenvalue weighted by atomic mass is 19.1. The van der Waals surface area contributed by atoms with Gasteiger partial charge in [-0.2, -0.15) is 5.10 Å². The molecule has 1 aliphatic heterocycles. The van der Waals surface area contributed by atoms with Crippen LogP contribution < -0.4 is 0 Å². The van der Waals surface area contributed by atoms with E-state index < -0.39 is 0 Å². The van der Waals surface area contributed by atoms with Crippen LogP contribution >= 0.6 is 0 Å². The smallest absolute Gasteiger partial charge is 0.257 e. The second-order valence-electron chi connectivity index (χ2n) is 7.43. The van der Waals surface area contributed by atoms with Crippen LogP contribution in [0, 0.1) is 5.82 Å². The van der Waals surface area contributed by atoms with Gasteiger partial charge in [-0.15, -0.1) is 0 Å². The van der Waals surface area contributed by atoms with Crippen molar-refractivity contribution in [3.8, 4) is 11.1 Å². The molecule has 1 saturated heterocycles. The Morgan fingerprint density at radius 3 is 2.90 bits per heavy atom. The van der Waals surface area contributed by atoms with Gasteiger partial charge in [0, 0.05) is 36.5 Å². The quantitative estimate of drug-likeness (QED) is 0.712. The number of halogens is 1. The third-order valence-electron chi connectivity index (χ3n) is 5.45. The number of carbonyl (C=O) groups excluding carboxylic acids is 1. The number of likely N-dealkylation sites (tertiary alicyclic amines) is 1. The Morgan fingerprint density at radius 2 is 2.10 bits per heavy atom. The second kappa shape index (κ2) is 8.51. The highest BCUT2D eigenvalue weighted by Gasteiger charge is 2.29. The first-order valence-corrected chi connectivity index (χ1v) is 10.0. The van der Waals surface area contributed by atoms with E-state index in [1.165, 1.54) is 18.5 Å². The number of H-pyrrole nitrogens is 1. The third-order valence-corrected chi connectivity index (χ3v) is 5.45. The van der Waals surface area contributed by atoms with Crippen molar-refractivity contribution in [2.45, 2.75) is 38.5 Å². The maximum atomic E-state index is 13.3. The lowest BCUT2D eigenvalue weighted by Crippen LogP contribution is -2.39. The van der Waals surface area contributed by atoms with E-state index in [1.807, 2.05) is 4.90 Å². The predicted molar refractivity (Wildman–Crippen MR) is 108 cm³/mol. The van der Waals surface area contributed by atoms with Crippen LogP contribution in [0.1, 0.15) is 53.8 Å². The normalized spacial score (nSPS) is 16.8. The van der Waals surface area contributed by atoms with Crippen LogP contribution in [0.3, 0.4) is 0 Å². The van der Waals surface area contributed by atoms with Crippen LogP contribution in [0.5, 0.6) is 0 Å². The number of hydrogen-bond donors (Lipinski definition) is 1. The van der Waals surface area contributed by atoms with Gasteiger partial charge in [-0.25, -0.2) is 14.4 Å². The Kier molecular flexibility index (Phi) is 5.64. The molecule has 0 aliphatic carbocycles. The fraction of sp³-hybridized carbons (Fsp3) is 0.364. The average molecular weight is 393 g/mol. The molecule has 150 valence electrons. The number of benzene rings is 1. The van der Waals surface area contributed by atoms with Gasteiger partial charge in [0.15, 0.2) is 0 Å². The van der Waals surface area contributed by atoms with E-state index in [4.69, 9.17) is 0 Å². The van der Waals surface area contributed by atoms with Gasteiger partial charge in [0.05, 0.1) is 17.5 Å². The lowest BCUT2D eigenvalue weighted by Gasteiger charge is -2.33. The first-order chi connectivity index (χ1) is 14.2. The fourth-order valence-corrected chi connectivity index (χ4v) is 4.00. The number of nitrogens with one attached hydrogen (secondary N) is 1. The number of aryl methyl sites for hydroxylation is 1. The van der Waals surface area contributed by atoms with Crippen LogP contribution in [0.15, 0.2) is 43.0 Å². The Labute approximate surface area is 169 Å². The summed E-state index contributed by atoms with van der Waals surface area (Å²) in [7, 11) is 0. The van der Waals surface area contributed by atoms with E-state index in [1.54, 1.807) is 24.5 Å². The van der Waals surface area contributed by atoms with E-state index in [-0.39, 0.29) is 17.6 Å². The zero-order valence-electron chi connectivity index (χ0n) is 16.4. The number of piperidine rings is 1. The number of nitrogens with zero attached hydrogens (tertiary/aromatic N) is 4. The van der Waals surface area contributed by atoms with Crippen molar-refractivity contribution in [1.82, 2.24) is 25.1 Å². The lowest BCUT2D eigenvalue weighted by molar-refractivity contribution is 0.0703. The van der Waals surface area contributed by atoms with Crippen molar-refractivity contribution in [3.63, 3.8) is 0 Å². The Hall–Kier alpha value is -3.09. The summed E-state index contributed by atoms with van der Waals surface area (Å²) in [6, 6.07) is 6.42. The van der Waals surface area contributed by atoms with Gasteiger partial charge in [0.25, 0.3) is 5.91 Å². The molecule has 6 nitrogen and oxygen atoms in total. The Morgan fingerprint density at radius 1 is 1.28 bits per heavy atom. The number of carbonyl (C=O) groups is 1. The maximum Gasteiger partial charge on any atom is 0.257 e. The minimum atomic E-state index is -0.263. The van der Waals surface area contributed by atoms with E-state index in [9.17, 15) is 9.18 Å². The molecule has 1 N–H and O–H groups in total. The van der Waals surface area contributed by atoms with Gasteiger partial charge in [-0.1, -0.05) is 25.5 Å². The molecule has 1 fully saturated rings. The van der Waals surface area contributed by atoms with Crippen LogP contribution in [-0.2, 0) is 6.42 Å². The molecule has 1 aromatic carbocycles. The van der Waals surface area contributed by atoms with Crippen molar-refractivity contribution < 1.29 is 9.18 Å². The summed E-state index contributed by atoms with van der Waals surface area (Å²) in [6.07, 6.45) is 8.46. The largest absolute Gasteiger partial charge is 0.338 e. The molecular weight excluding hydrogens is 369 g/mol. The zero-order valence-corrected chi connectivity index (χ0v) is 16.4. The van der Waals surface area contributed by atoms with Gasteiger partial charge < -0.3 is 4.90 Å². The number of rotatable bonds is 5. The van der Waals surface area contributed by atoms with Crippen LogP contribution in [0.4, 0.5) is 4.39 Å². The van der Waals surface area contributed by atoms with Crippen molar-refractivity contribution in [2.24, 2.45) is 0 Å². The summed E-state index contributed by atoms with van der Waals surface area (Å²) in [6.45, 7) is 3.40. The predicted octanol–water partition coefficient (Wildman–Crippen LogP) is 3.98. The summed E-state index contributed by atoms with van der Waals surface area (Å²) in [5, 5.41) is 7.33. The van der Waals surface area contributed by atoms with E-state index >= 15 is 0 Å². The third kappa shape index (κ3) is 4.04. The van der Waals surface area contributed by atoms with E-state index in [2.05, 4.69) is 27.1 Å². The minimum absolute atomic E-state index is 0.0124. The molecule has 0 radical (unpaired) electrons. The summed E-state index contributed by atoms with van der Waals surface area (Å²) >= 11 is 0. The fourth-order valence-electron chi connectivity index (χ4n) is 4.00. The first-order valence-electron chi connectivity index (χ1n) is 10.0. The highest BCUT2D eigenvalue weighted by molar-refractivity contribution is 5.95. The van der Waals surface area contributed by atoms with Gasteiger partial charge in [0.1, 0.15) is 12.1 Å². The van der Waals surface area contributed by atoms with Gasteiger partial charge in [-0.05, 0) is 37.0 Å². The topological polar surface area (TPSA) is 74.8 Å². The standard InChI is InChI=1S/C22H24FN5O/c1-2-4-20-19(11-24-14-25-20)22(29)28-10-3-5-16(13-28)21-18(12-26-27-21)15-6-8-17(23)9-7-15/h6-9,11-12,14,16H,2-5,10,13H2,1H3,(H,26,27). The van der Waals surface area contributed by atoms with Crippen molar-refractivity contribution in [3.05, 3.63) is 65.8 Å². The number of aromatic nitrogens is 4. The number of hydrogen-bond acceptors (Lipinski definition) is 4. The first kappa shape index (κ1) is 19.2. The molecule has 1 aliphatic rings. The molecule has 1 unspecified atom stereocenters. The second-order valence-corrected chi connectivity index (χ2v) is 7.43. The zero-order chi connectivity index (χ0) is 20.2. The molecule has 3 aromatic rings. The van der Waals surface area contributed by atoms with Gasteiger partial charge in [0.2, 0.25) is 0 Å². The molecule has 0 saturated carbocycles. The van der Waals surface area contributed by atoms with E-state index in [0.29, 0.717) is 12.1 Å². The molecule has 4 rings (SSSR count). The van der Waals surface area contributed by atoms with Crippen LogP contribution in [0.2, 0.25) is 0 Å². The Bertz CT molecular complexity index is 985. The molecule has 0 spiro atoms. The Balaban J connectivity index is 1.56. The molecule has 2 aromatic heterocycles. The summed E-state index contributed by atoms with van der Waals surface area (Å²) in [5.74, 6) is -0.127. The minimum Gasteiger partial charge on any atom is -0.338 e. The molecule has 1 amide bonds. The molecule has 29 heavy (non-hydrogen) atoms. The van der Waals surface area contributed by atoms with Gasteiger partial charge >= 0.3 is 0 Å².